The van der Waals surface area contributed by atoms with Crippen molar-refractivity contribution in [1.29, 1.82) is 0 Å². The van der Waals surface area contributed by atoms with Crippen LogP contribution in [0.2, 0.25) is 0 Å². The number of anilines is 1. The van der Waals surface area contributed by atoms with E-state index < -0.39 is 0 Å². The number of benzene rings is 1. The van der Waals surface area contributed by atoms with Crippen LogP contribution >= 0.6 is 11.3 Å². The van der Waals surface area contributed by atoms with Crippen LogP contribution in [-0.2, 0) is 4.79 Å². The molecule has 0 bridgehead atoms. The third kappa shape index (κ3) is 4.17. The first-order chi connectivity index (χ1) is 9.79. The highest BCUT2D eigenvalue weighted by molar-refractivity contribution is 7.09. The van der Waals surface area contributed by atoms with Crippen LogP contribution in [0.25, 0.3) is 0 Å². The van der Waals surface area contributed by atoms with Gasteiger partial charge in [0.2, 0.25) is 0 Å². The molecule has 0 spiro atoms. The Morgan fingerprint density at radius 1 is 1.30 bits per heavy atom. The van der Waals surface area contributed by atoms with Crippen molar-refractivity contribution in [2.45, 2.75) is 12.3 Å². The number of aldehydes is 1. The Balaban J connectivity index is 0.000000178. The second-order valence-electron chi connectivity index (χ2n) is 4.34. The molecule has 102 valence electrons. The van der Waals surface area contributed by atoms with E-state index in [2.05, 4.69) is 11.1 Å². The van der Waals surface area contributed by atoms with Crippen LogP contribution in [0.5, 0.6) is 0 Å². The van der Waals surface area contributed by atoms with Gasteiger partial charge < -0.3 is 5.73 Å². The van der Waals surface area contributed by atoms with Gasteiger partial charge in [-0.15, -0.1) is 11.3 Å². The summed E-state index contributed by atoms with van der Waals surface area (Å²) in [5.41, 5.74) is 8.79. The van der Waals surface area contributed by atoms with Gasteiger partial charge in [0, 0.05) is 28.3 Å². The normalized spacial score (nSPS) is 16.8. The molecule has 1 heterocycles. The minimum Gasteiger partial charge on any atom is -0.399 e. The average Bonchev–Trinajstić information content (AvgIpc) is 3.03. The van der Waals surface area contributed by atoms with E-state index in [9.17, 15) is 4.79 Å². The lowest BCUT2D eigenvalue weighted by molar-refractivity contribution is -0.104. The third-order valence-corrected chi connectivity index (χ3v) is 3.79. The Kier molecular flexibility index (Phi) is 5.26. The van der Waals surface area contributed by atoms with Crippen LogP contribution in [0, 0.1) is 0 Å². The summed E-state index contributed by atoms with van der Waals surface area (Å²) in [7, 11) is 0. The Bertz CT molecular complexity index is 588. The SMILES string of the molecule is Nc1ccccc1.O=CC1=CCC(c2cncs2)C=C1. The molecular weight excluding hydrogens is 268 g/mol. The molecule has 0 amide bonds. The number of hydrogen-bond donors (Lipinski definition) is 1. The zero-order valence-corrected chi connectivity index (χ0v) is 11.8. The number of para-hydroxylation sites is 1. The number of thiazole rings is 1. The highest BCUT2D eigenvalue weighted by atomic mass is 32.1. The second kappa shape index (κ2) is 7.40. The van der Waals surface area contributed by atoms with Crippen molar-refractivity contribution < 1.29 is 4.79 Å². The maximum absolute atomic E-state index is 10.4. The van der Waals surface area contributed by atoms with Crippen molar-refractivity contribution >= 4 is 23.3 Å². The number of allylic oxidation sites excluding steroid dienone is 4. The highest BCUT2D eigenvalue weighted by Crippen LogP contribution is 2.28. The summed E-state index contributed by atoms with van der Waals surface area (Å²) < 4.78 is 0. The lowest BCUT2D eigenvalue weighted by Crippen LogP contribution is -1.96. The molecule has 0 aliphatic heterocycles. The Labute approximate surface area is 122 Å². The fraction of sp³-hybridized carbons (Fsp3) is 0.125. The van der Waals surface area contributed by atoms with Crippen molar-refractivity contribution in [3.63, 3.8) is 0 Å². The lowest BCUT2D eigenvalue weighted by Gasteiger charge is -2.11. The summed E-state index contributed by atoms with van der Waals surface area (Å²) in [6, 6.07) is 9.49. The zero-order chi connectivity index (χ0) is 14.2. The van der Waals surface area contributed by atoms with Gasteiger partial charge in [-0.3, -0.25) is 9.78 Å². The first kappa shape index (κ1) is 14.2. The van der Waals surface area contributed by atoms with E-state index in [0.29, 0.717) is 5.92 Å². The van der Waals surface area contributed by atoms with Crippen molar-refractivity contribution in [1.82, 2.24) is 4.98 Å². The molecule has 1 aliphatic carbocycles. The van der Waals surface area contributed by atoms with Crippen LogP contribution in [-0.4, -0.2) is 11.3 Å². The Morgan fingerprint density at radius 2 is 2.10 bits per heavy atom. The van der Waals surface area contributed by atoms with Crippen LogP contribution in [0.4, 0.5) is 5.69 Å². The van der Waals surface area contributed by atoms with Crippen LogP contribution < -0.4 is 5.73 Å². The van der Waals surface area contributed by atoms with Crippen molar-refractivity contribution in [3.05, 3.63) is 70.7 Å². The van der Waals surface area contributed by atoms with Gasteiger partial charge >= 0.3 is 0 Å². The van der Waals surface area contributed by atoms with Crippen molar-refractivity contribution in [3.8, 4) is 0 Å². The number of nitrogen functional groups attached to an aromatic ring is 1. The molecule has 3 rings (SSSR count). The van der Waals surface area contributed by atoms with Gasteiger partial charge in [0.1, 0.15) is 6.29 Å². The van der Waals surface area contributed by atoms with E-state index >= 15 is 0 Å². The molecule has 0 radical (unpaired) electrons. The molecule has 1 aromatic heterocycles. The molecule has 20 heavy (non-hydrogen) atoms. The monoisotopic (exact) mass is 284 g/mol. The third-order valence-electron chi connectivity index (χ3n) is 2.88. The van der Waals surface area contributed by atoms with E-state index in [4.69, 9.17) is 5.73 Å². The zero-order valence-electron chi connectivity index (χ0n) is 11.0. The van der Waals surface area contributed by atoms with Gasteiger partial charge in [-0.25, -0.2) is 0 Å². The molecule has 2 aromatic rings. The number of carbonyl (C=O) groups excluding carboxylic acids is 1. The van der Waals surface area contributed by atoms with Crippen molar-refractivity contribution in [2.24, 2.45) is 0 Å². The molecule has 1 aromatic carbocycles. The van der Waals surface area contributed by atoms with Gasteiger partial charge in [-0.1, -0.05) is 36.4 Å². The number of hydrogen-bond acceptors (Lipinski definition) is 4. The van der Waals surface area contributed by atoms with E-state index in [-0.39, 0.29) is 0 Å². The standard InChI is InChI=1S/C10H9NOS.C6H7N/c12-6-8-1-3-9(4-2-8)10-5-11-7-13-10;7-6-4-2-1-3-5-6/h1-3,5-7,9H,4H2;1-5H,7H2. The maximum Gasteiger partial charge on any atom is 0.149 e. The number of aromatic nitrogens is 1. The van der Waals surface area contributed by atoms with Gasteiger partial charge in [0.05, 0.1) is 5.51 Å². The first-order valence-corrected chi connectivity index (χ1v) is 7.20. The summed E-state index contributed by atoms with van der Waals surface area (Å²) >= 11 is 1.66. The second-order valence-corrected chi connectivity index (χ2v) is 5.26. The van der Waals surface area contributed by atoms with Gasteiger partial charge in [-0.2, -0.15) is 0 Å². The largest absolute Gasteiger partial charge is 0.399 e. The van der Waals surface area contributed by atoms with Gasteiger partial charge in [0.15, 0.2) is 0 Å². The molecule has 1 atom stereocenters. The summed E-state index contributed by atoms with van der Waals surface area (Å²) in [5, 5.41) is 0. The average molecular weight is 284 g/mol. The molecular formula is C16H16N2OS. The molecule has 0 saturated heterocycles. The lowest BCUT2D eigenvalue weighted by atomic mass is 9.96. The predicted molar refractivity (Wildman–Crippen MR) is 83.6 cm³/mol. The summed E-state index contributed by atoms with van der Waals surface area (Å²) in [6.07, 6.45) is 9.60. The van der Waals surface area contributed by atoms with Gasteiger partial charge in [-0.05, 0) is 18.6 Å². The van der Waals surface area contributed by atoms with Crippen molar-refractivity contribution in [2.75, 3.05) is 5.73 Å². The molecule has 1 unspecified atom stereocenters. The summed E-state index contributed by atoms with van der Waals surface area (Å²) in [6.45, 7) is 0. The number of rotatable bonds is 2. The predicted octanol–water partition coefficient (Wildman–Crippen LogP) is 3.58. The number of nitrogens with two attached hydrogens (primary N) is 1. The first-order valence-electron chi connectivity index (χ1n) is 6.32. The molecule has 0 saturated carbocycles. The number of nitrogens with zero attached hydrogens (tertiary/aromatic N) is 1. The van der Waals surface area contributed by atoms with E-state index in [1.54, 1.807) is 11.3 Å². The highest BCUT2D eigenvalue weighted by Gasteiger charge is 2.11. The summed E-state index contributed by atoms with van der Waals surface area (Å²) in [4.78, 5) is 15.7. The molecule has 2 N–H and O–H groups in total. The summed E-state index contributed by atoms with van der Waals surface area (Å²) in [5.74, 6) is 0.413. The fourth-order valence-corrected chi connectivity index (χ4v) is 2.51. The topological polar surface area (TPSA) is 56.0 Å². The number of carbonyl (C=O) groups is 1. The van der Waals surface area contributed by atoms with Crippen LogP contribution in [0.15, 0.2) is 65.8 Å². The quantitative estimate of drug-likeness (QED) is 0.677. The molecule has 3 nitrogen and oxygen atoms in total. The molecule has 0 fully saturated rings. The molecule has 1 aliphatic rings. The van der Waals surface area contributed by atoms with Crippen LogP contribution in [0.3, 0.4) is 0 Å². The van der Waals surface area contributed by atoms with Crippen LogP contribution in [0.1, 0.15) is 17.2 Å². The maximum atomic E-state index is 10.4. The fourth-order valence-electron chi connectivity index (χ4n) is 1.80. The Morgan fingerprint density at radius 3 is 2.55 bits per heavy atom. The Hall–Kier alpha value is -2.20. The van der Waals surface area contributed by atoms with E-state index in [1.165, 1.54) is 4.88 Å². The van der Waals surface area contributed by atoms with E-state index in [1.807, 2.05) is 54.2 Å². The van der Waals surface area contributed by atoms with Gasteiger partial charge in [0.25, 0.3) is 0 Å². The minimum absolute atomic E-state index is 0.413. The smallest absolute Gasteiger partial charge is 0.149 e. The minimum atomic E-state index is 0.413. The van der Waals surface area contributed by atoms with E-state index in [0.717, 1.165) is 24.0 Å². The molecule has 4 heteroatoms.